The van der Waals surface area contributed by atoms with Crippen LogP contribution in [0.5, 0.6) is 0 Å². The molecule has 0 bridgehead atoms. The Bertz CT molecular complexity index is 1130. The number of para-hydroxylation sites is 1. The molecule has 0 unspecified atom stereocenters. The largest absolute Gasteiger partial charge is 0.356 e. The lowest BCUT2D eigenvalue weighted by molar-refractivity contribution is -0.116. The predicted octanol–water partition coefficient (Wildman–Crippen LogP) is 3.89. The summed E-state index contributed by atoms with van der Waals surface area (Å²) in [5.74, 6) is 1.06. The number of amides is 1. The number of aromatic nitrogens is 2. The van der Waals surface area contributed by atoms with Crippen LogP contribution >= 0.6 is 0 Å². The summed E-state index contributed by atoms with van der Waals surface area (Å²) < 4.78 is 1.46. The summed E-state index contributed by atoms with van der Waals surface area (Å²) >= 11 is 0. The van der Waals surface area contributed by atoms with E-state index >= 15 is 0 Å². The van der Waals surface area contributed by atoms with Gasteiger partial charge in [0.05, 0.1) is 5.52 Å². The molecule has 1 saturated heterocycles. The van der Waals surface area contributed by atoms with Crippen LogP contribution in [-0.2, 0) is 11.3 Å². The van der Waals surface area contributed by atoms with Gasteiger partial charge in [-0.3, -0.25) is 9.36 Å². The van der Waals surface area contributed by atoms with Gasteiger partial charge in [-0.25, -0.2) is 4.79 Å². The molecule has 156 valence electrons. The van der Waals surface area contributed by atoms with E-state index in [1.807, 2.05) is 50.2 Å². The normalized spacial score (nSPS) is 16.6. The maximum Gasteiger partial charge on any atom is 0.350 e. The number of anilines is 2. The van der Waals surface area contributed by atoms with Gasteiger partial charge >= 0.3 is 5.69 Å². The highest BCUT2D eigenvalue weighted by atomic mass is 16.2. The van der Waals surface area contributed by atoms with E-state index in [0.717, 1.165) is 53.0 Å². The number of fused-ring (bicyclic) bond motifs is 1. The van der Waals surface area contributed by atoms with Gasteiger partial charge in [-0.05, 0) is 68.0 Å². The van der Waals surface area contributed by atoms with Crippen molar-refractivity contribution in [3.05, 3.63) is 64.1 Å². The first-order valence-electron chi connectivity index (χ1n) is 10.5. The average molecular weight is 405 g/mol. The number of carbonyl (C=O) groups excluding carboxylic acids is 1. The molecule has 1 amide bonds. The van der Waals surface area contributed by atoms with E-state index in [1.54, 1.807) is 0 Å². The van der Waals surface area contributed by atoms with E-state index in [0.29, 0.717) is 5.92 Å². The fourth-order valence-electron chi connectivity index (χ4n) is 4.38. The quantitative estimate of drug-likeness (QED) is 0.716. The van der Waals surface area contributed by atoms with Crippen molar-refractivity contribution in [3.63, 3.8) is 0 Å². The van der Waals surface area contributed by atoms with E-state index in [1.165, 1.54) is 11.0 Å². The third-order valence-corrected chi connectivity index (χ3v) is 5.63. The average Bonchev–Trinajstić information content (AvgIpc) is 2.69. The molecule has 2 aromatic carbocycles. The number of carbonyl (C=O) groups is 1. The van der Waals surface area contributed by atoms with Crippen molar-refractivity contribution in [1.29, 1.82) is 0 Å². The van der Waals surface area contributed by atoms with Gasteiger partial charge in [0, 0.05) is 24.2 Å². The number of hydrogen-bond acceptors (Lipinski definition) is 4. The van der Waals surface area contributed by atoms with Gasteiger partial charge in [-0.1, -0.05) is 25.1 Å². The zero-order valence-corrected chi connectivity index (χ0v) is 17.8. The van der Waals surface area contributed by atoms with Crippen LogP contribution in [0.15, 0.2) is 47.3 Å². The molecule has 1 aliphatic heterocycles. The molecule has 2 heterocycles. The Morgan fingerprint density at radius 2 is 1.90 bits per heavy atom. The van der Waals surface area contributed by atoms with E-state index in [4.69, 9.17) is 0 Å². The molecule has 1 fully saturated rings. The summed E-state index contributed by atoms with van der Waals surface area (Å²) in [6, 6.07) is 13.6. The summed E-state index contributed by atoms with van der Waals surface area (Å²) in [6.07, 6.45) is 2.29. The summed E-state index contributed by atoms with van der Waals surface area (Å²) in [5.41, 5.74) is 3.24. The molecule has 1 atom stereocenters. The standard InChI is InChI=1S/C24H28N4O2/c1-16-7-6-10-27(14-16)23-20-8-4-5-9-21(20)28(24(30)26-23)15-22(29)25-19-12-17(2)11-18(3)13-19/h4-5,8-9,11-13,16H,6-7,10,14-15H2,1-3H3,(H,25,29)/t16-/m1/s1. The second kappa shape index (κ2) is 8.30. The van der Waals surface area contributed by atoms with Gasteiger partial charge in [0.25, 0.3) is 0 Å². The minimum atomic E-state index is -0.391. The molecular formula is C24H28N4O2. The highest BCUT2D eigenvalue weighted by Gasteiger charge is 2.22. The van der Waals surface area contributed by atoms with Crippen molar-refractivity contribution in [1.82, 2.24) is 9.55 Å². The summed E-state index contributed by atoms with van der Waals surface area (Å²) in [7, 11) is 0. The van der Waals surface area contributed by atoms with Crippen molar-refractivity contribution in [2.75, 3.05) is 23.3 Å². The minimum Gasteiger partial charge on any atom is -0.356 e. The molecule has 0 radical (unpaired) electrons. The molecule has 0 spiro atoms. The van der Waals surface area contributed by atoms with Crippen LogP contribution in [-0.4, -0.2) is 28.5 Å². The second-order valence-electron chi connectivity index (χ2n) is 8.44. The topological polar surface area (TPSA) is 67.2 Å². The molecule has 1 aliphatic rings. The smallest absolute Gasteiger partial charge is 0.350 e. The van der Waals surface area contributed by atoms with Crippen molar-refractivity contribution < 1.29 is 4.79 Å². The molecular weight excluding hydrogens is 376 g/mol. The maximum absolute atomic E-state index is 12.9. The number of nitrogens with zero attached hydrogens (tertiary/aromatic N) is 3. The molecule has 3 aromatic rings. The molecule has 6 nitrogen and oxygen atoms in total. The SMILES string of the molecule is Cc1cc(C)cc(NC(=O)Cn2c(=O)nc(N3CCC[C@@H](C)C3)c3ccccc32)c1. The van der Waals surface area contributed by atoms with Gasteiger partial charge in [0.15, 0.2) is 0 Å². The first kappa shape index (κ1) is 20.1. The van der Waals surface area contributed by atoms with E-state index in [-0.39, 0.29) is 12.5 Å². The van der Waals surface area contributed by atoms with E-state index in [9.17, 15) is 9.59 Å². The first-order chi connectivity index (χ1) is 14.4. The summed E-state index contributed by atoms with van der Waals surface area (Å²) in [6.45, 7) is 7.93. The van der Waals surface area contributed by atoms with Crippen LogP contribution in [0.25, 0.3) is 10.9 Å². The Hall–Kier alpha value is -3.15. The fraction of sp³-hybridized carbons (Fsp3) is 0.375. The minimum absolute atomic E-state index is 0.0734. The lowest BCUT2D eigenvalue weighted by atomic mass is 10.00. The maximum atomic E-state index is 12.9. The predicted molar refractivity (Wildman–Crippen MR) is 121 cm³/mol. The van der Waals surface area contributed by atoms with Crippen LogP contribution in [0.2, 0.25) is 0 Å². The Morgan fingerprint density at radius 3 is 2.63 bits per heavy atom. The third-order valence-electron chi connectivity index (χ3n) is 5.63. The van der Waals surface area contributed by atoms with E-state index < -0.39 is 5.69 Å². The Morgan fingerprint density at radius 1 is 1.17 bits per heavy atom. The van der Waals surface area contributed by atoms with Gasteiger partial charge in [-0.15, -0.1) is 0 Å². The summed E-state index contributed by atoms with van der Waals surface area (Å²) in [4.78, 5) is 32.2. The Labute approximate surface area is 176 Å². The van der Waals surface area contributed by atoms with Gasteiger partial charge in [0.1, 0.15) is 12.4 Å². The monoisotopic (exact) mass is 404 g/mol. The van der Waals surface area contributed by atoms with Crippen LogP contribution < -0.4 is 15.9 Å². The molecule has 0 saturated carbocycles. The highest BCUT2D eigenvalue weighted by Crippen LogP contribution is 2.27. The molecule has 0 aliphatic carbocycles. The Kier molecular flexibility index (Phi) is 5.57. The van der Waals surface area contributed by atoms with Crippen LogP contribution in [0, 0.1) is 19.8 Å². The summed E-state index contributed by atoms with van der Waals surface area (Å²) in [5, 5.41) is 3.82. The second-order valence-corrected chi connectivity index (χ2v) is 8.44. The van der Waals surface area contributed by atoms with Gasteiger partial charge in [0.2, 0.25) is 5.91 Å². The van der Waals surface area contributed by atoms with Gasteiger partial charge < -0.3 is 10.2 Å². The molecule has 6 heteroatoms. The van der Waals surface area contributed by atoms with Crippen LogP contribution in [0.3, 0.4) is 0 Å². The highest BCUT2D eigenvalue weighted by molar-refractivity contribution is 5.94. The number of nitrogens with one attached hydrogen (secondary N) is 1. The van der Waals surface area contributed by atoms with Crippen molar-refractivity contribution in [2.45, 2.75) is 40.2 Å². The van der Waals surface area contributed by atoms with Crippen molar-refractivity contribution >= 4 is 28.3 Å². The molecule has 30 heavy (non-hydrogen) atoms. The van der Waals surface area contributed by atoms with Crippen molar-refractivity contribution in [3.8, 4) is 0 Å². The van der Waals surface area contributed by atoms with E-state index in [2.05, 4.69) is 28.2 Å². The number of hydrogen-bond donors (Lipinski definition) is 1. The zero-order valence-electron chi connectivity index (χ0n) is 17.8. The van der Waals surface area contributed by atoms with Gasteiger partial charge in [-0.2, -0.15) is 4.98 Å². The molecule has 4 rings (SSSR count). The number of piperidine rings is 1. The Balaban J connectivity index is 1.66. The first-order valence-corrected chi connectivity index (χ1v) is 10.5. The lowest BCUT2D eigenvalue weighted by Crippen LogP contribution is -2.38. The lowest BCUT2D eigenvalue weighted by Gasteiger charge is -2.32. The van der Waals surface area contributed by atoms with Crippen LogP contribution in [0.1, 0.15) is 30.9 Å². The molecule has 1 aromatic heterocycles. The third kappa shape index (κ3) is 4.22. The number of aryl methyl sites for hydroxylation is 2. The van der Waals surface area contributed by atoms with Crippen molar-refractivity contribution in [2.24, 2.45) is 5.92 Å². The zero-order chi connectivity index (χ0) is 21.3. The number of rotatable bonds is 4. The van der Waals surface area contributed by atoms with Crippen LogP contribution in [0.4, 0.5) is 11.5 Å². The molecule has 1 N–H and O–H groups in total. The fourth-order valence-corrected chi connectivity index (χ4v) is 4.38. The number of benzene rings is 2.